The van der Waals surface area contributed by atoms with Gasteiger partial charge in [0.05, 0.1) is 38.1 Å². The Bertz CT molecular complexity index is 1030. The van der Waals surface area contributed by atoms with Gasteiger partial charge in [0.1, 0.15) is 0 Å². The lowest BCUT2D eigenvalue weighted by molar-refractivity contribution is -0.0644. The van der Waals surface area contributed by atoms with Crippen molar-refractivity contribution in [1.29, 1.82) is 0 Å². The van der Waals surface area contributed by atoms with E-state index in [4.69, 9.17) is 9.47 Å². The maximum absolute atomic E-state index is 11.5. The highest BCUT2D eigenvalue weighted by molar-refractivity contribution is 5.78. The van der Waals surface area contributed by atoms with Gasteiger partial charge < -0.3 is 19.1 Å². The molecule has 2 aromatic heterocycles. The average molecular weight is 408 g/mol. The fraction of sp³-hybridized carbons (Fsp3) is 0.458. The SMILES string of the molecule is COc1ccc(CN2C3CCC2CC(O)(Cn2ccc4ccncc42)C3)cc1OC. The van der Waals surface area contributed by atoms with Crippen LogP contribution in [0.1, 0.15) is 31.2 Å². The lowest BCUT2D eigenvalue weighted by Crippen LogP contribution is -2.52. The Hall–Kier alpha value is -2.57. The predicted molar refractivity (Wildman–Crippen MR) is 116 cm³/mol. The molecule has 5 rings (SSSR count). The first-order valence-electron chi connectivity index (χ1n) is 10.7. The molecule has 0 aliphatic carbocycles. The zero-order valence-electron chi connectivity index (χ0n) is 17.6. The van der Waals surface area contributed by atoms with Gasteiger partial charge in [-0.15, -0.1) is 0 Å². The van der Waals surface area contributed by atoms with Crippen LogP contribution >= 0.6 is 0 Å². The molecule has 2 atom stereocenters. The highest BCUT2D eigenvalue weighted by Crippen LogP contribution is 2.43. The average Bonchev–Trinajstić information content (AvgIpc) is 3.26. The maximum Gasteiger partial charge on any atom is 0.161 e. The van der Waals surface area contributed by atoms with E-state index in [2.05, 4.69) is 38.8 Å². The van der Waals surface area contributed by atoms with Crippen molar-refractivity contribution in [3.8, 4) is 11.5 Å². The van der Waals surface area contributed by atoms with Crippen LogP contribution in [0.15, 0.2) is 48.9 Å². The van der Waals surface area contributed by atoms with Crippen molar-refractivity contribution in [1.82, 2.24) is 14.5 Å². The monoisotopic (exact) mass is 407 g/mol. The number of aromatic nitrogens is 2. The molecule has 2 bridgehead atoms. The number of hydrogen-bond donors (Lipinski definition) is 1. The Morgan fingerprint density at radius 3 is 2.57 bits per heavy atom. The minimum atomic E-state index is -0.679. The molecule has 6 nitrogen and oxygen atoms in total. The van der Waals surface area contributed by atoms with Crippen LogP contribution in [0.5, 0.6) is 11.5 Å². The number of rotatable bonds is 6. The fourth-order valence-corrected chi connectivity index (χ4v) is 5.47. The molecule has 6 heteroatoms. The lowest BCUT2D eigenvalue weighted by atomic mass is 9.85. The van der Waals surface area contributed by atoms with Gasteiger partial charge in [-0.3, -0.25) is 9.88 Å². The van der Waals surface area contributed by atoms with E-state index in [1.807, 2.05) is 24.5 Å². The number of methoxy groups -OCH3 is 2. The summed E-state index contributed by atoms with van der Waals surface area (Å²) in [6, 6.07) is 11.1. The molecule has 158 valence electrons. The molecule has 2 unspecified atom stereocenters. The topological polar surface area (TPSA) is 59.8 Å². The molecular formula is C24H29N3O3. The van der Waals surface area contributed by atoms with Crippen LogP contribution in [0.4, 0.5) is 0 Å². The van der Waals surface area contributed by atoms with Crippen LogP contribution < -0.4 is 9.47 Å². The molecule has 4 heterocycles. The summed E-state index contributed by atoms with van der Waals surface area (Å²) in [4.78, 5) is 6.83. The summed E-state index contributed by atoms with van der Waals surface area (Å²) in [5.74, 6) is 1.52. The number of hydrogen-bond acceptors (Lipinski definition) is 5. The molecular weight excluding hydrogens is 378 g/mol. The smallest absolute Gasteiger partial charge is 0.161 e. The molecule has 2 fully saturated rings. The molecule has 3 aromatic rings. The van der Waals surface area contributed by atoms with Gasteiger partial charge in [0.15, 0.2) is 11.5 Å². The van der Waals surface area contributed by atoms with E-state index < -0.39 is 5.60 Å². The second-order valence-electron chi connectivity index (χ2n) is 8.76. The molecule has 0 saturated carbocycles. The van der Waals surface area contributed by atoms with Crippen LogP contribution in [0.2, 0.25) is 0 Å². The first kappa shape index (κ1) is 19.4. The summed E-state index contributed by atoms with van der Waals surface area (Å²) in [5.41, 5.74) is 1.63. The van der Waals surface area contributed by atoms with Crippen LogP contribution in [-0.2, 0) is 13.1 Å². The van der Waals surface area contributed by atoms with Gasteiger partial charge in [-0.1, -0.05) is 6.07 Å². The number of fused-ring (bicyclic) bond motifs is 3. The summed E-state index contributed by atoms with van der Waals surface area (Å²) in [6.07, 6.45) is 9.67. The van der Waals surface area contributed by atoms with Crippen LogP contribution in [-0.4, -0.2) is 51.5 Å². The van der Waals surface area contributed by atoms with E-state index in [0.717, 1.165) is 49.2 Å². The minimum absolute atomic E-state index is 0.404. The van der Waals surface area contributed by atoms with E-state index in [-0.39, 0.29) is 0 Å². The molecule has 2 aliphatic rings. The largest absolute Gasteiger partial charge is 0.493 e. The first-order chi connectivity index (χ1) is 14.6. The van der Waals surface area contributed by atoms with Gasteiger partial charge in [-0.25, -0.2) is 0 Å². The molecule has 0 amide bonds. The molecule has 2 saturated heterocycles. The zero-order valence-corrected chi connectivity index (χ0v) is 17.6. The Morgan fingerprint density at radius 1 is 1.07 bits per heavy atom. The third-order valence-electron chi connectivity index (χ3n) is 6.86. The predicted octanol–water partition coefficient (Wildman–Crippen LogP) is 3.61. The van der Waals surface area contributed by atoms with Crippen molar-refractivity contribution in [3.63, 3.8) is 0 Å². The van der Waals surface area contributed by atoms with Crippen molar-refractivity contribution in [2.24, 2.45) is 0 Å². The summed E-state index contributed by atoms with van der Waals surface area (Å²) < 4.78 is 13.0. The summed E-state index contributed by atoms with van der Waals surface area (Å²) in [7, 11) is 3.33. The first-order valence-corrected chi connectivity index (χ1v) is 10.7. The molecule has 30 heavy (non-hydrogen) atoms. The molecule has 1 aromatic carbocycles. The number of ether oxygens (including phenoxy) is 2. The minimum Gasteiger partial charge on any atom is -0.493 e. The maximum atomic E-state index is 11.5. The summed E-state index contributed by atoms with van der Waals surface area (Å²) >= 11 is 0. The Kier molecular flexibility index (Phi) is 4.91. The Labute approximate surface area is 177 Å². The van der Waals surface area contributed by atoms with Gasteiger partial charge in [-0.2, -0.15) is 0 Å². The van der Waals surface area contributed by atoms with Crippen molar-refractivity contribution in [2.45, 2.75) is 56.5 Å². The molecule has 2 aliphatic heterocycles. The third kappa shape index (κ3) is 3.44. The number of aliphatic hydroxyl groups is 1. The summed E-state index contributed by atoms with van der Waals surface area (Å²) in [5, 5.41) is 12.7. The highest BCUT2D eigenvalue weighted by Gasteiger charge is 2.47. The number of pyridine rings is 1. The van der Waals surface area contributed by atoms with Crippen molar-refractivity contribution in [3.05, 3.63) is 54.5 Å². The van der Waals surface area contributed by atoms with Crippen LogP contribution in [0.25, 0.3) is 10.9 Å². The Balaban J connectivity index is 1.32. The molecule has 0 spiro atoms. The standard InChI is InChI=1S/C24H29N3O3/c1-29-22-6-3-17(11-23(22)30-2)15-27-19-4-5-20(27)13-24(28,12-19)16-26-10-8-18-7-9-25-14-21(18)26/h3,6-11,14,19-20,28H,4-5,12-13,15-16H2,1-2H3. The third-order valence-corrected chi connectivity index (χ3v) is 6.86. The second-order valence-corrected chi connectivity index (χ2v) is 8.76. The van der Waals surface area contributed by atoms with Gasteiger partial charge in [0.25, 0.3) is 0 Å². The fourth-order valence-electron chi connectivity index (χ4n) is 5.47. The highest BCUT2D eigenvalue weighted by atomic mass is 16.5. The lowest BCUT2D eigenvalue weighted by Gasteiger charge is -2.44. The van der Waals surface area contributed by atoms with Gasteiger partial charge in [0.2, 0.25) is 0 Å². The normalized spacial score (nSPS) is 26.2. The van der Waals surface area contributed by atoms with E-state index in [9.17, 15) is 5.11 Å². The van der Waals surface area contributed by atoms with E-state index in [1.54, 1.807) is 14.2 Å². The van der Waals surface area contributed by atoms with Crippen molar-refractivity contribution >= 4 is 10.9 Å². The number of nitrogens with zero attached hydrogens (tertiary/aromatic N) is 3. The van der Waals surface area contributed by atoms with Gasteiger partial charge in [0, 0.05) is 36.4 Å². The molecule has 0 radical (unpaired) electrons. The van der Waals surface area contributed by atoms with Crippen molar-refractivity contribution < 1.29 is 14.6 Å². The number of piperidine rings is 1. The second kappa shape index (κ2) is 7.60. The molecule has 1 N–H and O–H groups in total. The van der Waals surface area contributed by atoms with E-state index in [1.165, 1.54) is 10.9 Å². The van der Waals surface area contributed by atoms with Crippen LogP contribution in [0.3, 0.4) is 0 Å². The van der Waals surface area contributed by atoms with Gasteiger partial charge in [-0.05, 0) is 55.5 Å². The quantitative estimate of drug-likeness (QED) is 0.676. The van der Waals surface area contributed by atoms with E-state index in [0.29, 0.717) is 18.6 Å². The summed E-state index contributed by atoms with van der Waals surface area (Å²) in [6.45, 7) is 1.50. The number of benzene rings is 1. The van der Waals surface area contributed by atoms with E-state index >= 15 is 0 Å². The zero-order chi connectivity index (χ0) is 20.7. The van der Waals surface area contributed by atoms with Gasteiger partial charge >= 0.3 is 0 Å². The Morgan fingerprint density at radius 2 is 1.83 bits per heavy atom. The van der Waals surface area contributed by atoms with Crippen LogP contribution in [0, 0.1) is 0 Å². The van der Waals surface area contributed by atoms with Crippen molar-refractivity contribution in [2.75, 3.05) is 14.2 Å².